The van der Waals surface area contributed by atoms with Gasteiger partial charge in [-0.3, -0.25) is 9.36 Å². The Morgan fingerprint density at radius 2 is 1.78 bits per heavy atom. The molecule has 0 fully saturated rings. The van der Waals surface area contributed by atoms with Crippen LogP contribution < -0.4 is 10.3 Å². The minimum absolute atomic E-state index is 0.0978. The molecule has 4 rings (SSSR count). The Morgan fingerprint density at radius 1 is 1.04 bits per heavy atom. The summed E-state index contributed by atoms with van der Waals surface area (Å²) >= 11 is 0. The summed E-state index contributed by atoms with van der Waals surface area (Å²) in [6, 6.07) is 17.9. The summed E-state index contributed by atoms with van der Waals surface area (Å²) < 4.78 is 6.68. The van der Waals surface area contributed by atoms with Crippen molar-refractivity contribution in [2.45, 2.75) is 13.0 Å². The molecule has 5 heteroatoms. The summed E-state index contributed by atoms with van der Waals surface area (Å²) in [5.74, 6) is 0.818. The highest BCUT2D eigenvalue weighted by Gasteiger charge is 2.12. The standard InChI is InChI=1S/C22H20N2O3/c1-27-17-8-6-15(7-9-17)12-16-13-20-21(19-5-3-2-4-18(16)19)23-14-24(10-11-25)22(20)26/h2-9,13-14,25H,10-12H2,1H3. The summed E-state index contributed by atoms with van der Waals surface area (Å²) in [4.78, 5) is 17.3. The predicted octanol–water partition coefficient (Wildman–Crippen LogP) is 3.14. The Balaban J connectivity index is 1.91. The first-order chi connectivity index (χ1) is 13.2. The van der Waals surface area contributed by atoms with Crippen molar-refractivity contribution in [2.75, 3.05) is 13.7 Å². The number of benzene rings is 3. The van der Waals surface area contributed by atoms with Crippen molar-refractivity contribution in [2.24, 2.45) is 0 Å². The van der Waals surface area contributed by atoms with Gasteiger partial charge in [-0.15, -0.1) is 0 Å². The lowest BCUT2D eigenvalue weighted by Crippen LogP contribution is -2.22. The second kappa shape index (κ2) is 7.21. The van der Waals surface area contributed by atoms with Gasteiger partial charge in [0.25, 0.3) is 5.56 Å². The number of aromatic nitrogens is 2. The van der Waals surface area contributed by atoms with Crippen LogP contribution in [0.15, 0.2) is 65.7 Å². The van der Waals surface area contributed by atoms with Crippen LogP contribution in [-0.4, -0.2) is 28.4 Å². The van der Waals surface area contributed by atoms with Crippen molar-refractivity contribution < 1.29 is 9.84 Å². The molecule has 0 aliphatic rings. The quantitative estimate of drug-likeness (QED) is 0.555. The monoisotopic (exact) mass is 360 g/mol. The molecule has 0 bridgehead atoms. The molecule has 0 aliphatic carbocycles. The lowest BCUT2D eigenvalue weighted by molar-refractivity contribution is 0.274. The van der Waals surface area contributed by atoms with Gasteiger partial charge in [0, 0.05) is 5.39 Å². The van der Waals surface area contributed by atoms with E-state index >= 15 is 0 Å². The summed E-state index contributed by atoms with van der Waals surface area (Å²) in [6.07, 6.45) is 2.21. The van der Waals surface area contributed by atoms with Gasteiger partial charge in [-0.25, -0.2) is 4.98 Å². The number of nitrogens with zero attached hydrogens (tertiary/aromatic N) is 2. The number of fused-ring (bicyclic) bond motifs is 3. The van der Waals surface area contributed by atoms with Crippen LogP contribution >= 0.6 is 0 Å². The first kappa shape index (κ1) is 17.2. The first-order valence-corrected chi connectivity index (χ1v) is 8.85. The molecular formula is C22H20N2O3. The molecule has 1 heterocycles. The average Bonchev–Trinajstić information content (AvgIpc) is 2.71. The number of aliphatic hydroxyl groups excluding tert-OH is 1. The van der Waals surface area contributed by atoms with Gasteiger partial charge < -0.3 is 9.84 Å². The maximum atomic E-state index is 12.8. The van der Waals surface area contributed by atoms with Crippen molar-refractivity contribution in [3.8, 4) is 5.75 Å². The number of hydrogen-bond donors (Lipinski definition) is 1. The Labute approximate surface area is 156 Å². The summed E-state index contributed by atoms with van der Waals surface area (Å²) in [6.45, 7) is 0.141. The number of methoxy groups -OCH3 is 1. The zero-order valence-corrected chi connectivity index (χ0v) is 15.1. The summed E-state index contributed by atoms with van der Waals surface area (Å²) in [5.41, 5.74) is 2.78. The molecule has 3 aromatic carbocycles. The fourth-order valence-electron chi connectivity index (χ4n) is 3.45. The number of hydrogen-bond acceptors (Lipinski definition) is 4. The molecule has 1 aromatic heterocycles. The van der Waals surface area contributed by atoms with Crippen LogP contribution in [0.1, 0.15) is 11.1 Å². The van der Waals surface area contributed by atoms with Crippen LogP contribution in [0.4, 0.5) is 0 Å². The molecule has 27 heavy (non-hydrogen) atoms. The molecule has 0 saturated carbocycles. The van der Waals surface area contributed by atoms with E-state index in [4.69, 9.17) is 4.74 Å². The molecule has 1 N–H and O–H groups in total. The van der Waals surface area contributed by atoms with Gasteiger partial charge in [-0.05, 0) is 41.1 Å². The van der Waals surface area contributed by atoms with E-state index in [-0.39, 0.29) is 18.7 Å². The molecule has 0 saturated heterocycles. The molecule has 0 amide bonds. The first-order valence-electron chi connectivity index (χ1n) is 8.85. The smallest absolute Gasteiger partial charge is 0.261 e. The van der Waals surface area contributed by atoms with Gasteiger partial charge in [0.05, 0.1) is 37.5 Å². The van der Waals surface area contributed by atoms with E-state index in [0.717, 1.165) is 27.6 Å². The summed E-state index contributed by atoms with van der Waals surface area (Å²) in [7, 11) is 1.65. The van der Waals surface area contributed by atoms with Gasteiger partial charge in [0.15, 0.2) is 0 Å². The van der Waals surface area contributed by atoms with E-state index < -0.39 is 0 Å². The molecule has 0 aliphatic heterocycles. The highest BCUT2D eigenvalue weighted by Crippen LogP contribution is 2.28. The van der Waals surface area contributed by atoms with Crippen molar-refractivity contribution >= 4 is 21.7 Å². The van der Waals surface area contributed by atoms with Crippen molar-refractivity contribution in [3.05, 3.63) is 82.4 Å². The molecule has 0 atom stereocenters. The third-order valence-electron chi connectivity index (χ3n) is 4.81. The number of aliphatic hydroxyl groups is 1. The van der Waals surface area contributed by atoms with Crippen molar-refractivity contribution in [1.29, 1.82) is 0 Å². The van der Waals surface area contributed by atoms with Crippen LogP contribution in [-0.2, 0) is 13.0 Å². The third-order valence-corrected chi connectivity index (χ3v) is 4.81. The molecule has 0 spiro atoms. The molecule has 5 nitrogen and oxygen atoms in total. The molecule has 0 radical (unpaired) electrons. The van der Waals surface area contributed by atoms with Crippen LogP contribution in [0.25, 0.3) is 21.7 Å². The minimum Gasteiger partial charge on any atom is -0.497 e. The van der Waals surface area contributed by atoms with Crippen LogP contribution in [0, 0.1) is 0 Å². The van der Waals surface area contributed by atoms with E-state index in [0.29, 0.717) is 17.3 Å². The normalized spacial score (nSPS) is 11.2. The molecule has 136 valence electrons. The van der Waals surface area contributed by atoms with E-state index in [1.54, 1.807) is 7.11 Å². The minimum atomic E-state index is -0.129. The lowest BCUT2D eigenvalue weighted by atomic mass is 9.96. The van der Waals surface area contributed by atoms with Crippen LogP contribution in [0.3, 0.4) is 0 Å². The zero-order chi connectivity index (χ0) is 18.8. The maximum absolute atomic E-state index is 12.8. The fraction of sp³-hybridized carbons (Fsp3) is 0.182. The van der Waals surface area contributed by atoms with Gasteiger partial charge in [-0.2, -0.15) is 0 Å². The molecule has 4 aromatic rings. The average molecular weight is 360 g/mol. The number of ether oxygens (including phenoxy) is 1. The largest absolute Gasteiger partial charge is 0.497 e. The van der Waals surface area contributed by atoms with E-state index in [1.165, 1.54) is 10.9 Å². The Hall–Kier alpha value is -3.18. The molecule has 0 unspecified atom stereocenters. The highest BCUT2D eigenvalue weighted by molar-refractivity contribution is 6.06. The van der Waals surface area contributed by atoms with Gasteiger partial charge >= 0.3 is 0 Å². The summed E-state index contributed by atoms with van der Waals surface area (Å²) in [5, 5.41) is 11.8. The van der Waals surface area contributed by atoms with Crippen molar-refractivity contribution in [3.63, 3.8) is 0 Å². The van der Waals surface area contributed by atoms with Crippen LogP contribution in [0.2, 0.25) is 0 Å². The second-order valence-electron chi connectivity index (χ2n) is 6.47. The van der Waals surface area contributed by atoms with E-state index in [2.05, 4.69) is 11.1 Å². The molecular weight excluding hydrogens is 340 g/mol. The topological polar surface area (TPSA) is 64.3 Å². The Kier molecular flexibility index (Phi) is 4.60. The highest BCUT2D eigenvalue weighted by atomic mass is 16.5. The van der Waals surface area contributed by atoms with Gasteiger partial charge in [0.1, 0.15) is 5.75 Å². The SMILES string of the molecule is COc1ccc(Cc2cc3c(=O)n(CCO)cnc3c3ccccc23)cc1. The van der Waals surface area contributed by atoms with Gasteiger partial charge in [-0.1, -0.05) is 36.4 Å². The van der Waals surface area contributed by atoms with Gasteiger partial charge in [0.2, 0.25) is 0 Å². The van der Waals surface area contributed by atoms with Crippen molar-refractivity contribution in [1.82, 2.24) is 9.55 Å². The maximum Gasteiger partial charge on any atom is 0.261 e. The van der Waals surface area contributed by atoms with E-state index in [1.807, 2.05) is 48.5 Å². The lowest BCUT2D eigenvalue weighted by Gasteiger charge is -2.12. The Morgan fingerprint density at radius 3 is 2.48 bits per heavy atom. The zero-order valence-electron chi connectivity index (χ0n) is 15.1. The Bertz CT molecular complexity index is 1160. The predicted molar refractivity (Wildman–Crippen MR) is 106 cm³/mol. The second-order valence-corrected chi connectivity index (χ2v) is 6.47. The number of rotatable bonds is 5. The fourth-order valence-corrected chi connectivity index (χ4v) is 3.45. The third kappa shape index (κ3) is 3.17. The van der Waals surface area contributed by atoms with E-state index in [9.17, 15) is 9.90 Å². The van der Waals surface area contributed by atoms with Crippen LogP contribution in [0.5, 0.6) is 5.75 Å².